The van der Waals surface area contributed by atoms with E-state index in [9.17, 15) is 9.90 Å². The van der Waals surface area contributed by atoms with E-state index in [4.69, 9.17) is 4.74 Å². The van der Waals surface area contributed by atoms with Crippen molar-refractivity contribution in [2.75, 3.05) is 0 Å². The molecule has 2 rings (SSSR count). The highest BCUT2D eigenvalue weighted by Crippen LogP contribution is 2.39. The highest BCUT2D eigenvalue weighted by atomic mass is 16.5. The lowest BCUT2D eigenvalue weighted by atomic mass is 9.82. The number of hydrogen-bond acceptors (Lipinski definition) is 3. The number of Topliss-reactive ketones (excluding diaryl/α,β-unsaturated/α-hetero) is 1. The molecular weight excluding hydrogens is 240 g/mol. The van der Waals surface area contributed by atoms with E-state index in [1.54, 1.807) is 13.8 Å². The summed E-state index contributed by atoms with van der Waals surface area (Å²) in [7, 11) is 0. The topological polar surface area (TPSA) is 46.5 Å². The molecule has 3 nitrogen and oxygen atoms in total. The van der Waals surface area contributed by atoms with Crippen LogP contribution in [0.25, 0.3) is 0 Å². The number of hydrogen-bond donors (Lipinski definition) is 1. The molecule has 0 aromatic carbocycles. The van der Waals surface area contributed by atoms with Crippen LogP contribution in [-0.4, -0.2) is 28.7 Å². The van der Waals surface area contributed by atoms with Gasteiger partial charge in [-0.15, -0.1) is 0 Å². The van der Waals surface area contributed by atoms with Crippen LogP contribution in [0.4, 0.5) is 0 Å². The molecule has 0 aromatic heterocycles. The van der Waals surface area contributed by atoms with Gasteiger partial charge in [0.15, 0.2) is 5.78 Å². The largest absolute Gasteiger partial charge is 0.388 e. The number of rotatable bonds is 3. The van der Waals surface area contributed by atoms with Gasteiger partial charge in [0, 0.05) is 6.42 Å². The quantitative estimate of drug-likeness (QED) is 0.797. The van der Waals surface area contributed by atoms with Crippen LogP contribution in [0, 0.1) is 5.92 Å². The Hall–Kier alpha value is -0.930. The molecule has 1 aliphatic heterocycles. The van der Waals surface area contributed by atoms with Crippen LogP contribution in [0.2, 0.25) is 0 Å². The maximum atomic E-state index is 12.1. The molecule has 3 unspecified atom stereocenters. The Morgan fingerprint density at radius 1 is 1.53 bits per heavy atom. The van der Waals surface area contributed by atoms with E-state index >= 15 is 0 Å². The molecule has 1 heterocycles. The average molecular weight is 264 g/mol. The van der Waals surface area contributed by atoms with Crippen molar-refractivity contribution in [1.29, 1.82) is 0 Å². The normalized spacial score (nSPS) is 30.9. The van der Waals surface area contributed by atoms with Gasteiger partial charge in [-0.05, 0) is 58.1 Å². The summed E-state index contributed by atoms with van der Waals surface area (Å²) in [5, 5.41) is 10.0. The van der Waals surface area contributed by atoms with Gasteiger partial charge in [-0.1, -0.05) is 11.6 Å². The van der Waals surface area contributed by atoms with E-state index in [0.717, 1.165) is 12.0 Å². The lowest BCUT2D eigenvalue weighted by molar-refractivity contribution is -0.117. The van der Waals surface area contributed by atoms with Crippen LogP contribution < -0.4 is 0 Å². The number of aliphatic hydroxyl groups is 1. The molecule has 3 atom stereocenters. The zero-order valence-electron chi connectivity index (χ0n) is 12.3. The van der Waals surface area contributed by atoms with Gasteiger partial charge in [0.1, 0.15) is 0 Å². The third kappa shape index (κ3) is 3.34. The Morgan fingerprint density at radius 2 is 2.21 bits per heavy atom. The smallest absolute Gasteiger partial charge is 0.159 e. The van der Waals surface area contributed by atoms with E-state index in [1.807, 2.05) is 19.9 Å². The minimum absolute atomic E-state index is 0.00492. The summed E-state index contributed by atoms with van der Waals surface area (Å²) in [4.78, 5) is 12.1. The van der Waals surface area contributed by atoms with Crippen LogP contribution in [-0.2, 0) is 9.53 Å². The molecule has 1 saturated heterocycles. The molecule has 0 amide bonds. The number of carbonyl (C=O) groups excluding carboxylic acids is 1. The predicted octanol–water partition coefficient (Wildman–Crippen LogP) is 2.79. The number of fused-ring (bicyclic) bond motifs is 1. The van der Waals surface area contributed by atoms with Crippen molar-refractivity contribution in [3.8, 4) is 0 Å². The second kappa shape index (κ2) is 5.22. The minimum Gasteiger partial charge on any atom is -0.388 e. The third-order valence-electron chi connectivity index (χ3n) is 3.99. The van der Waals surface area contributed by atoms with Crippen LogP contribution in [0.1, 0.15) is 47.0 Å². The summed E-state index contributed by atoms with van der Waals surface area (Å²) in [5.74, 6) is 0.470. The summed E-state index contributed by atoms with van der Waals surface area (Å²) in [6, 6.07) is 0. The molecule has 0 radical (unpaired) electrons. The van der Waals surface area contributed by atoms with Gasteiger partial charge >= 0.3 is 0 Å². The number of ether oxygens (including phenoxy) is 1. The van der Waals surface area contributed by atoms with Crippen molar-refractivity contribution in [1.82, 2.24) is 0 Å². The van der Waals surface area contributed by atoms with Crippen molar-refractivity contribution in [2.24, 2.45) is 5.92 Å². The standard InChI is InChI=1S/C16H24O3/c1-10(2)5-6-11-8-14-12(7-13(11)17)9-15(19-14)16(3,4)18/h5,8,12,14-15,18H,6-7,9H2,1-4H3. The van der Waals surface area contributed by atoms with Gasteiger partial charge in [0.2, 0.25) is 0 Å². The highest BCUT2D eigenvalue weighted by Gasteiger charge is 2.43. The summed E-state index contributed by atoms with van der Waals surface area (Å²) < 4.78 is 5.92. The van der Waals surface area contributed by atoms with Gasteiger partial charge < -0.3 is 9.84 Å². The van der Waals surface area contributed by atoms with Crippen molar-refractivity contribution < 1.29 is 14.6 Å². The molecule has 0 aromatic rings. The van der Waals surface area contributed by atoms with E-state index in [-0.39, 0.29) is 23.9 Å². The van der Waals surface area contributed by atoms with E-state index in [1.165, 1.54) is 5.57 Å². The molecule has 0 bridgehead atoms. The Bertz CT molecular complexity index is 422. The fourth-order valence-electron chi connectivity index (χ4n) is 2.75. The minimum atomic E-state index is -0.839. The van der Waals surface area contributed by atoms with Gasteiger partial charge in [-0.25, -0.2) is 0 Å². The third-order valence-corrected chi connectivity index (χ3v) is 3.99. The van der Waals surface area contributed by atoms with Crippen molar-refractivity contribution in [3.05, 3.63) is 23.3 Å². The molecule has 1 aliphatic carbocycles. The summed E-state index contributed by atoms with van der Waals surface area (Å²) >= 11 is 0. The fraction of sp³-hybridized carbons (Fsp3) is 0.688. The van der Waals surface area contributed by atoms with E-state index in [2.05, 4.69) is 6.08 Å². The Kier molecular flexibility index (Phi) is 3.98. The van der Waals surface area contributed by atoms with Crippen LogP contribution in [0.5, 0.6) is 0 Å². The van der Waals surface area contributed by atoms with Gasteiger partial charge in [0.25, 0.3) is 0 Å². The van der Waals surface area contributed by atoms with Gasteiger partial charge in [0.05, 0.1) is 17.8 Å². The molecule has 0 saturated carbocycles. The second-order valence-electron chi connectivity index (χ2n) is 6.54. The number of ketones is 1. The highest BCUT2D eigenvalue weighted by molar-refractivity contribution is 5.96. The molecule has 106 valence electrons. The number of allylic oxidation sites excluding steroid dienone is 3. The zero-order valence-corrected chi connectivity index (χ0v) is 12.3. The molecule has 19 heavy (non-hydrogen) atoms. The van der Waals surface area contributed by atoms with Crippen molar-refractivity contribution >= 4 is 5.78 Å². The average Bonchev–Trinajstić information content (AvgIpc) is 2.68. The Morgan fingerprint density at radius 3 is 2.79 bits per heavy atom. The number of carbonyl (C=O) groups is 1. The van der Waals surface area contributed by atoms with E-state index in [0.29, 0.717) is 12.8 Å². The SMILES string of the molecule is CC(C)=CCC1=CC2OC(C(C)(C)O)CC2CC1=O. The monoisotopic (exact) mass is 264 g/mol. The fourth-order valence-corrected chi connectivity index (χ4v) is 2.75. The lowest BCUT2D eigenvalue weighted by Gasteiger charge is -2.25. The maximum absolute atomic E-state index is 12.1. The second-order valence-corrected chi connectivity index (χ2v) is 6.54. The maximum Gasteiger partial charge on any atom is 0.159 e. The van der Waals surface area contributed by atoms with Crippen molar-refractivity contribution in [2.45, 2.75) is 64.8 Å². The van der Waals surface area contributed by atoms with Crippen LogP contribution in [0.3, 0.4) is 0 Å². The summed E-state index contributed by atoms with van der Waals surface area (Å²) in [6.07, 6.45) is 5.89. The first-order valence-corrected chi connectivity index (χ1v) is 7.02. The van der Waals surface area contributed by atoms with Crippen molar-refractivity contribution in [3.63, 3.8) is 0 Å². The molecule has 1 fully saturated rings. The molecular formula is C16H24O3. The first-order valence-electron chi connectivity index (χ1n) is 7.02. The molecule has 3 heteroatoms. The first kappa shape index (κ1) is 14.5. The predicted molar refractivity (Wildman–Crippen MR) is 74.8 cm³/mol. The summed E-state index contributed by atoms with van der Waals surface area (Å²) in [6.45, 7) is 7.61. The Balaban J connectivity index is 2.11. The summed E-state index contributed by atoms with van der Waals surface area (Å²) in [5.41, 5.74) is 1.24. The van der Waals surface area contributed by atoms with Gasteiger partial charge in [-0.3, -0.25) is 4.79 Å². The molecule has 0 spiro atoms. The van der Waals surface area contributed by atoms with E-state index < -0.39 is 5.60 Å². The van der Waals surface area contributed by atoms with Crippen LogP contribution in [0.15, 0.2) is 23.3 Å². The molecule has 1 N–H and O–H groups in total. The first-order chi connectivity index (χ1) is 8.77. The Labute approximate surface area is 115 Å². The lowest BCUT2D eigenvalue weighted by Crippen LogP contribution is -2.35. The van der Waals surface area contributed by atoms with Gasteiger partial charge in [-0.2, -0.15) is 0 Å². The zero-order chi connectivity index (χ0) is 14.2. The molecule has 2 aliphatic rings. The van der Waals surface area contributed by atoms with Crippen LogP contribution >= 0.6 is 0 Å².